The molecule has 3 nitrogen and oxygen atoms in total. The molecule has 1 aromatic carbocycles. The Balaban J connectivity index is 1.77. The molecule has 2 aromatic rings. The number of amidine groups is 1. The number of hydrogen-bond donors (Lipinski definition) is 2. The zero-order valence-electron chi connectivity index (χ0n) is 11.8. The van der Waals surface area contributed by atoms with Crippen LogP contribution in [0.4, 0.5) is 10.7 Å². The van der Waals surface area contributed by atoms with Gasteiger partial charge in [-0.2, -0.15) is 0 Å². The summed E-state index contributed by atoms with van der Waals surface area (Å²) < 4.78 is 0. The first kappa shape index (κ1) is 12.7. The Morgan fingerprint density at radius 3 is 2.81 bits per heavy atom. The van der Waals surface area contributed by atoms with Crippen LogP contribution in [0.15, 0.2) is 47.7 Å². The zero-order chi connectivity index (χ0) is 14.2. The monoisotopic (exact) mass is 295 g/mol. The third-order valence-corrected chi connectivity index (χ3v) is 5.16. The summed E-state index contributed by atoms with van der Waals surface area (Å²) in [6.07, 6.45) is 4.92. The van der Waals surface area contributed by atoms with Crippen LogP contribution in [0, 0.1) is 0 Å². The molecule has 0 amide bonds. The summed E-state index contributed by atoms with van der Waals surface area (Å²) >= 11 is 1.86. The highest BCUT2D eigenvalue weighted by molar-refractivity contribution is 7.16. The van der Waals surface area contributed by atoms with Crippen LogP contribution in [-0.2, 0) is 12.8 Å². The van der Waals surface area contributed by atoms with Crippen LogP contribution in [0.5, 0.6) is 0 Å². The predicted octanol–water partition coefficient (Wildman–Crippen LogP) is 4.38. The number of benzene rings is 1. The Morgan fingerprint density at radius 1 is 1.14 bits per heavy atom. The summed E-state index contributed by atoms with van der Waals surface area (Å²) in [5, 5.41) is 7.98. The molecular formula is C17H17N3S. The van der Waals surface area contributed by atoms with E-state index < -0.39 is 0 Å². The van der Waals surface area contributed by atoms with E-state index in [-0.39, 0.29) is 0 Å². The highest BCUT2D eigenvalue weighted by Gasteiger charge is 2.27. The second-order valence-corrected chi connectivity index (χ2v) is 6.54. The minimum Gasteiger partial charge on any atom is -0.340 e. The number of para-hydroxylation sites is 1. The Hall–Kier alpha value is -2.07. The number of anilines is 2. The van der Waals surface area contributed by atoms with Crippen molar-refractivity contribution >= 4 is 27.9 Å². The lowest BCUT2D eigenvalue weighted by molar-refractivity contribution is 0.696. The first-order valence-electron chi connectivity index (χ1n) is 7.33. The molecule has 1 aliphatic heterocycles. The van der Waals surface area contributed by atoms with E-state index in [0.29, 0.717) is 5.82 Å². The molecule has 2 aliphatic rings. The maximum absolute atomic E-state index is 4.61. The Morgan fingerprint density at radius 2 is 1.95 bits per heavy atom. The fourth-order valence-corrected chi connectivity index (χ4v) is 4.31. The molecule has 0 fully saturated rings. The molecule has 4 rings (SSSR count). The maximum Gasteiger partial charge on any atom is 0.143 e. The van der Waals surface area contributed by atoms with Gasteiger partial charge in [-0.15, -0.1) is 11.3 Å². The molecular weight excluding hydrogens is 278 g/mol. The molecule has 0 saturated heterocycles. The summed E-state index contributed by atoms with van der Waals surface area (Å²) in [7, 11) is 0. The number of aryl methyl sites for hydroxylation is 1. The SMILES string of the molecule is C=C1N=C(Nc2ccccc2)c2c(sc3c2CCCC3)N1. The van der Waals surface area contributed by atoms with Crippen LogP contribution in [0.3, 0.4) is 0 Å². The van der Waals surface area contributed by atoms with Gasteiger partial charge in [-0.3, -0.25) is 0 Å². The number of rotatable bonds is 1. The van der Waals surface area contributed by atoms with Crippen molar-refractivity contribution in [1.82, 2.24) is 0 Å². The van der Waals surface area contributed by atoms with Crippen molar-refractivity contribution in [3.05, 3.63) is 58.7 Å². The number of thiophene rings is 1. The van der Waals surface area contributed by atoms with Crippen molar-refractivity contribution in [2.75, 3.05) is 10.6 Å². The van der Waals surface area contributed by atoms with Crippen molar-refractivity contribution in [3.63, 3.8) is 0 Å². The largest absolute Gasteiger partial charge is 0.340 e. The zero-order valence-corrected chi connectivity index (χ0v) is 12.6. The lowest BCUT2D eigenvalue weighted by atomic mass is 9.94. The summed E-state index contributed by atoms with van der Waals surface area (Å²) in [6, 6.07) is 10.2. The molecule has 0 saturated carbocycles. The number of nitrogens with zero attached hydrogens (tertiary/aromatic N) is 1. The molecule has 4 heteroatoms. The van der Waals surface area contributed by atoms with E-state index in [1.165, 1.54) is 40.3 Å². The van der Waals surface area contributed by atoms with Gasteiger partial charge in [-0.05, 0) is 43.4 Å². The van der Waals surface area contributed by atoms with Crippen molar-refractivity contribution in [2.24, 2.45) is 4.99 Å². The standard InChI is InChI=1S/C17H17N3S/c1-11-18-16(20-12-7-3-2-4-8-12)15-13-9-5-6-10-14(13)21-17(15)19-11/h2-4,7-8,19H,1,5-6,9-10H2,(H,18,20). The molecule has 0 bridgehead atoms. The van der Waals surface area contributed by atoms with Gasteiger partial charge in [0.1, 0.15) is 16.7 Å². The molecule has 2 N–H and O–H groups in total. The minimum atomic E-state index is 0.708. The van der Waals surface area contributed by atoms with Crippen LogP contribution in [0.1, 0.15) is 28.8 Å². The molecule has 1 aliphatic carbocycles. The van der Waals surface area contributed by atoms with E-state index >= 15 is 0 Å². The quantitative estimate of drug-likeness (QED) is 0.819. The van der Waals surface area contributed by atoms with Crippen LogP contribution in [0.25, 0.3) is 0 Å². The van der Waals surface area contributed by atoms with Crippen molar-refractivity contribution < 1.29 is 0 Å². The van der Waals surface area contributed by atoms with Gasteiger partial charge in [0.05, 0.1) is 5.56 Å². The summed E-state index contributed by atoms with van der Waals surface area (Å²) in [6.45, 7) is 3.98. The topological polar surface area (TPSA) is 36.4 Å². The lowest BCUT2D eigenvalue weighted by Gasteiger charge is -2.20. The van der Waals surface area contributed by atoms with Gasteiger partial charge in [0.15, 0.2) is 0 Å². The van der Waals surface area contributed by atoms with Gasteiger partial charge >= 0.3 is 0 Å². The van der Waals surface area contributed by atoms with Gasteiger partial charge in [0.25, 0.3) is 0 Å². The average Bonchev–Trinajstić information content (AvgIpc) is 2.86. The Bertz CT molecular complexity index is 728. The van der Waals surface area contributed by atoms with E-state index in [0.717, 1.165) is 17.9 Å². The van der Waals surface area contributed by atoms with Gasteiger partial charge in [-0.1, -0.05) is 24.8 Å². The smallest absolute Gasteiger partial charge is 0.143 e. The van der Waals surface area contributed by atoms with Gasteiger partial charge in [0, 0.05) is 10.6 Å². The minimum absolute atomic E-state index is 0.708. The van der Waals surface area contributed by atoms with Crippen molar-refractivity contribution in [3.8, 4) is 0 Å². The van der Waals surface area contributed by atoms with Crippen LogP contribution in [0.2, 0.25) is 0 Å². The summed E-state index contributed by atoms with van der Waals surface area (Å²) in [5.41, 5.74) is 3.79. The number of aliphatic imine (C=N–C) groups is 1. The average molecular weight is 295 g/mol. The van der Waals surface area contributed by atoms with Crippen molar-refractivity contribution in [1.29, 1.82) is 0 Å². The molecule has 0 atom stereocenters. The predicted molar refractivity (Wildman–Crippen MR) is 90.3 cm³/mol. The number of hydrogen-bond acceptors (Lipinski definition) is 4. The van der Waals surface area contributed by atoms with Gasteiger partial charge in [-0.25, -0.2) is 4.99 Å². The second kappa shape index (κ2) is 5.04. The first-order valence-corrected chi connectivity index (χ1v) is 8.14. The fraction of sp³-hybridized carbons (Fsp3) is 0.235. The third-order valence-electron chi connectivity index (χ3n) is 3.95. The highest BCUT2D eigenvalue weighted by Crippen LogP contribution is 2.41. The molecule has 0 radical (unpaired) electrons. The van der Waals surface area contributed by atoms with Crippen LogP contribution >= 0.6 is 11.3 Å². The van der Waals surface area contributed by atoms with E-state index in [4.69, 9.17) is 0 Å². The first-order chi connectivity index (χ1) is 10.3. The van der Waals surface area contributed by atoms with E-state index in [2.05, 4.69) is 34.3 Å². The number of fused-ring (bicyclic) bond motifs is 3. The second-order valence-electron chi connectivity index (χ2n) is 5.44. The van der Waals surface area contributed by atoms with E-state index in [1.807, 2.05) is 29.5 Å². The van der Waals surface area contributed by atoms with Gasteiger partial charge in [0.2, 0.25) is 0 Å². The van der Waals surface area contributed by atoms with Crippen LogP contribution in [-0.4, -0.2) is 5.84 Å². The van der Waals surface area contributed by atoms with Crippen LogP contribution < -0.4 is 10.6 Å². The molecule has 21 heavy (non-hydrogen) atoms. The van der Waals surface area contributed by atoms with E-state index in [9.17, 15) is 0 Å². The maximum atomic E-state index is 4.61. The molecule has 2 heterocycles. The third kappa shape index (κ3) is 2.25. The Kier molecular flexibility index (Phi) is 3.04. The molecule has 0 spiro atoms. The fourth-order valence-electron chi connectivity index (χ4n) is 3.00. The Labute approximate surface area is 128 Å². The molecule has 0 unspecified atom stereocenters. The van der Waals surface area contributed by atoms with E-state index in [1.54, 1.807) is 0 Å². The van der Waals surface area contributed by atoms with Crippen molar-refractivity contribution in [2.45, 2.75) is 25.7 Å². The molecule has 106 valence electrons. The summed E-state index contributed by atoms with van der Waals surface area (Å²) in [4.78, 5) is 6.12. The highest BCUT2D eigenvalue weighted by atomic mass is 32.1. The normalized spacial score (nSPS) is 16.6. The lowest BCUT2D eigenvalue weighted by Crippen LogP contribution is -2.21. The number of nitrogens with one attached hydrogen (secondary N) is 2. The van der Waals surface area contributed by atoms with Gasteiger partial charge < -0.3 is 10.6 Å². The summed E-state index contributed by atoms with van der Waals surface area (Å²) in [5.74, 6) is 1.64. The molecule has 1 aromatic heterocycles.